The zero-order valence-corrected chi connectivity index (χ0v) is 14.3. The Labute approximate surface area is 134 Å². The lowest BCUT2D eigenvalue weighted by atomic mass is 9.83. The van der Waals surface area contributed by atoms with Crippen LogP contribution in [-0.4, -0.2) is 25.2 Å². The first kappa shape index (κ1) is 19.0. The van der Waals surface area contributed by atoms with Crippen LogP contribution in [0.4, 0.5) is 0 Å². The third kappa shape index (κ3) is 6.80. The first-order valence-corrected chi connectivity index (χ1v) is 9.04. The highest BCUT2D eigenvalue weighted by Crippen LogP contribution is 2.28. The molecule has 4 heteroatoms. The summed E-state index contributed by atoms with van der Waals surface area (Å²) < 4.78 is 10.4. The molecule has 0 radical (unpaired) electrons. The number of ether oxygens (including phenoxy) is 2. The maximum absolute atomic E-state index is 12.3. The molecule has 4 nitrogen and oxygen atoms in total. The average molecular weight is 312 g/mol. The largest absolute Gasteiger partial charge is 0.466 e. The number of carbonyl (C=O) groups is 2. The van der Waals surface area contributed by atoms with Gasteiger partial charge >= 0.3 is 11.9 Å². The van der Waals surface area contributed by atoms with Gasteiger partial charge in [0.2, 0.25) is 0 Å². The van der Waals surface area contributed by atoms with Gasteiger partial charge in [-0.25, -0.2) is 0 Å². The first-order valence-electron chi connectivity index (χ1n) is 9.04. The maximum Gasteiger partial charge on any atom is 0.309 e. The van der Waals surface area contributed by atoms with Gasteiger partial charge in [-0.1, -0.05) is 51.4 Å². The van der Waals surface area contributed by atoms with E-state index in [1.807, 2.05) is 13.8 Å². The molecule has 0 bridgehead atoms. The van der Waals surface area contributed by atoms with Crippen LogP contribution in [0.25, 0.3) is 0 Å². The van der Waals surface area contributed by atoms with Crippen molar-refractivity contribution in [2.24, 2.45) is 11.8 Å². The van der Waals surface area contributed by atoms with E-state index < -0.39 is 0 Å². The van der Waals surface area contributed by atoms with E-state index in [4.69, 9.17) is 9.47 Å². The zero-order valence-electron chi connectivity index (χ0n) is 14.3. The second kappa shape index (κ2) is 11.5. The van der Waals surface area contributed by atoms with Gasteiger partial charge in [0.25, 0.3) is 0 Å². The molecule has 1 aliphatic rings. The summed E-state index contributed by atoms with van der Waals surface area (Å²) in [5.74, 6) is -1.12. The van der Waals surface area contributed by atoms with E-state index in [1.165, 1.54) is 25.7 Å². The fraction of sp³-hybridized carbons (Fsp3) is 0.889. The molecule has 0 heterocycles. The van der Waals surface area contributed by atoms with Gasteiger partial charge in [0.15, 0.2) is 0 Å². The minimum atomic E-state index is -0.335. The monoisotopic (exact) mass is 312 g/mol. The summed E-state index contributed by atoms with van der Waals surface area (Å²) in [7, 11) is 0. The van der Waals surface area contributed by atoms with Crippen molar-refractivity contribution >= 4 is 11.9 Å². The Bertz CT molecular complexity index is 295. The molecule has 0 aromatic rings. The molecule has 1 fully saturated rings. The van der Waals surface area contributed by atoms with Crippen LogP contribution in [0.15, 0.2) is 0 Å². The lowest BCUT2D eigenvalue weighted by Gasteiger charge is -2.24. The van der Waals surface area contributed by atoms with Crippen molar-refractivity contribution in [1.29, 1.82) is 0 Å². The van der Waals surface area contributed by atoms with Crippen LogP contribution in [0.3, 0.4) is 0 Å². The van der Waals surface area contributed by atoms with Gasteiger partial charge in [0.05, 0.1) is 25.0 Å². The van der Waals surface area contributed by atoms with E-state index in [1.54, 1.807) is 0 Å². The molecular formula is C18H32O4. The lowest BCUT2D eigenvalue weighted by molar-refractivity contribution is -0.161. The van der Waals surface area contributed by atoms with Gasteiger partial charge in [-0.2, -0.15) is 0 Å². The van der Waals surface area contributed by atoms with Crippen molar-refractivity contribution in [3.8, 4) is 0 Å². The van der Waals surface area contributed by atoms with Crippen LogP contribution < -0.4 is 0 Å². The van der Waals surface area contributed by atoms with Gasteiger partial charge in [-0.05, 0) is 26.7 Å². The number of carbonyl (C=O) groups excluding carboxylic acids is 2. The van der Waals surface area contributed by atoms with Crippen molar-refractivity contribution in [1.82, 2.24) is 0 Å². The summed E-state index contributed by atoms with van der Waals surface area (Å²) in [6.45, 7) is 4.36. The fourth-order valence-electron chi connectivity index (χ4n) is 3.25. The van der Waals surface area contributed by atoms with Gasteiger partial charge < -0.3 is 9.47 Å². The molecule has 0 spiro atoms. The molecule has 1 rings (SSSR count). The maximum atomic E-state index is 12.3. The molecule has 1 aliphatic carbocycles. The third-order valence-electron chi connectivity index (χ3n) is 4.44. The predicted octanol–water partition coefficient (Wildman–Crippen LogP) is 4.26. The molecule has 1 saturated carbocycles. The highest BCUT2D eigenvalue weighted by molar-refractivity contribution is 5.82. The molecule has 0 aromatic heterocycles. The Balaban J connectivity index is 2.79. The highest BCUT2D eigenvalue weighted by atomic mass is 16.5. The van der Waals surface area contributed by atoms with Crippen molar-refractivity contribution in [3.63, 3.8) is 0 Å². The number of esters is 2. The molecule has 0 saturated heterocycles. The highest BCUT2D eigenvalue weighted by Gasteiger charge is 2.35. The van der Waals surface area contributed by atoms with Crippen molar-refractivity contribution in [3.05, 3.63) is 0 Å². The van der Waals surface area contributed by atoms with Gasteiger partial charge in [0.1, 0.15) is 0 Å². The van der Waals surface area contributed by atoms with Gasteiger partial charge in [0, 0.05) is 0 Å². The smallest absolute Gasteiger partial charge is 0.309 e. The number of hydrogen-bond acceptors (Lipinski definition) is 4. The molecule has 0 unspecified atom stereocenters. The summed E-state index contributed by atoms with van der Waals surface area (Å²) in [5.41, 5.74) is 0. The summed E-state index contributed by atoms with van der Waals surface area (Å²) >= 11 is 0. The molecular weight excluding hydrogens is 280 g/mol. The Morgan fingerprint density at radius 3 is 1.32 bits per heavy atom. The minimum absolute atomic E-state index is 0.224. The standard InChI is InChI=1S/C18H32O4/c1-3-21-17(19)15-13-11-9-7-5-6-8-10-12-14-16(15)18(20)22-4-2/h15-16H,3-14H2,1-2H3/t15-,16-/m0/s1. The predicted molar refractivity (Wildman–Crippen MR) is 86.4 cm³/mol. The van der Waals surface area contributed by atoms with Gasteiger partial charge in [-0.15, -0.1) is 0 Å². The van der Waals surface area contributed by atoms with Crippen LogP contribution >= 0.6 is 0 Å². The summed E-state index contributed by atoms with van der Waals surface area (Å²) in [4.78, 5) is 24.6. The van der Waals surface area contributed by atoms with Gasteiger partial charge in [-0.3, -0.25) is 9.59 Å². The van der Waals surface area contributed by atoms with Crippen molar-refractivity contribution in [2.45, 2.75) is 78.1 Å². The molecule has 0 amide bonds. The third-order valence-corrected chi connectivity index (χ3v) is 4.44. The SMILES string of the molecule is CCOC(=O)[C@H]1CCCCCCCCCC[C@@H]1C(=O)OCC. The summed E-state index contributed by atoms with van der Waals surface area (Å²) in [6, 6.07) is 0. The average Bonchev–Trinajstić information content (AvgIpc) is 2.48. The molecule has 128 valence electrons. The lowest BCUT2D eigenvalue weighted by Crippen LogP contribution is -2.33. The molecule has 0 N–H and O–H groups in total. The zero-order chi connectivity index (χ0) is 16.2. The second-order valence-electron chi connectivity index (χ2n) is 6.12. The van der Waals surface area contributed by atoms with Crippen molar-refractivity contribution in [2.75, 3.05) is 13.2 Å². The Morgan fingerprint density at radius 2 is 1.00 bits per heavy atom. The molecule has 0 aromatic carbocycles. The van der Waals surface area contributed by atoms with E-state index in [2.05, 4.69) is 0 Å². The topological polar surface area (TPSA) is 52.6 Å². The molecule has 0 aliphatic heterocycles. The first-order chi connectivity index (χ1) is 10.7. The van der Waals surface area contributed by atoms with E-state index >= 15 is 0 Å². The second-order valence-corrected chi connectivity index (χ2v) is 6.12. The van der Waals surface area contributed by atoms with Crippen LogP contribution in [0.2, 0.25) is 0 Å². The fourth-order valence-corrected chi connectivity index (χ4v) is 3.25. The normalized spacial score (nSPS) is 24.6. The Kier molecular flexibility index (Phi) is 9.93. The quantitative estimate of drug-likeness (QED) is 0.728. The summed E-state index contributed by atoms with van der Waals surface area (Å²) in [5, 5.41) is 0. The van der Waals surface area contributed by atoms with Crippen LogP contribution in [0.5, 0.6) is 0 Å². The number of hydrogen-bond donors (Lipinski definition) is 0. The minimum Gasteiger partial charge on any atom is -0.466 e. The van der Waals surface area contributed by atoms with Crippen molar-refractivity contribution < 1.29 is 19.1 Å². The molecule has 22 heavy (non-hydrogen) atoms. The Hall–Kier alpha value is -1.06. The van der Waals surface area contributed by atoms with Crippen LogP contribution in [-0.2, 0) is 19.1 Å². The Morgan fingerprint density at radius 1 is 0.682 bits per heavy atom. The summed E-state index contributed by atoms with van der Waals surface area (Å²) in [6.07, 6.45) is 10.7. The molecule has 2 atom stereocenters. The van der Waals surface area contributed by atoms with Crippen LogP contribution in [0.1, 0.15) is 78.1 Å². The van der Waals surface area contributed by atoms with E-state index in [0.29, 0.717) is 13.2 Å². The van der Waals surface area contributed by atoms with Crippen LogP contribution in [0, 0.1) is 11.8 Å². The van der Waals surface area contributed by atoms with E-state index in [-0.39, 0.29) is 23.8 Å². The number of rotatable bonds is 4. The van der Waals surface area contributed by atoms with E-state index in [9.17, 15) is 9.59 Å². The van der Waals surface area contributed by atoms with E-state index in [0.717, 1.165) is 38.5 Å².